The molecule has 2 saturated heterocycles. The molecule has 1 atom stereocenters. The van der Waals surface area contributed by atoms with E-state index in [1.54, 1.807) is 17.2 Å². The molecule has 128 valence electrons. The fourth-order valence-corrected chi connectivity index (χ4v) is 2.94. The number of imide groups is 1. The summed E-state index contributed by atoms with van der Waals surface area (Å²) in [5.74, 6) is 0.468. The molecule has 0 bridgehead atoms. The molecular formula is C15H18ClN5O3. The van der Waals surface area contributed by atoms with Gasteiger partial charge in [-0.15, -0.1) is 0 Å². The van der Waals surface area contributed by atoms with Crippen LogP contribution in [0.1, 0.15) is 12.8 Å². The Kier molecular flexibility index (Phi) is 4.84. The van der Waals surface area contributed by atoms with Gasteiger partial charge < -0.3 is 15.1 Å². The third-order valence-electron chi connectivity index (χ3n) is 4.17. The number of halogens is 1. The summed E-state index contributed by atoms with van der Waals surface area (Å²) in [6, 6.07) is 2.55. The number of aromatic nitrogens is 1. The first-order chi connectivity index (χ1) is 11.5. The molecule has 8 nitrogen and oxygen atoms in total. The Balaban J connectivity index is 1.46. The molecule has 2 aliphatic rings. The van der Waals surface area contributed by atoms with E-state index >= 15 is 0 Å². The Bertz CT molecular complexity index is 643. The van der Waals surface area contributed by atoms with Gasteiger partial charge in [-0.1, -0.05) is 11.6 Å². The Morgan fingerprint density at radius 3 is 2.58 bits per heavy atom. The van der Waals surface area contributed by atoms with Crippen LogP contribution in [0.15, 0.2) is 18.3 Å². The lowest BCUT2D eigenvalue weighted by atomic mass is 10.1. The third kappa shape index (κ3) is 3.76. The zero-order valence-corrected chi connectivity index (χ0v) is 13.8. The highest BCUT2D eigenvalue weighted by Gasteiger charge is 2.30. The van der Waals surface area contributed by atoms with E-state index in [1.807, 2.05) is 6.07 Å². The molecule has 1 aromatic heterocycles. The minimum atomic E-state index is -0.610. The van der Waals surface area contributed by atoms with Crippen LogP contribution in [0.4, 0.5) is 10.6 Å². The first kappa shape index (κ1) is 16.5. The summed E-state index contributed by atoms with van der Waals surface area (Å²) in [6.45, 7) is 2.60. The molecule has 2 fully saturated rings. The van der Waals surface area contributed by atoms with Crippen LogP contribution in [0.5, 0.6) is 0 Å². The van der Waals surface area contributed by atoms with Gasteiger partial charge >= 0.3 is 6.03 Å². The van der Waals surface area contributed by atoms with Crippen molar-refractivity contribution in [3.05, 3.63) is 23.4 Å². The number of carbonyl (C=O) groups excluding carboxylic acids is 3. The highest BCUT2D eigenvalue weighted by Crippen LogP contribution is 2.17. The fourth-order valence-electron chi connectivity index (χ4n) is 2.83. The summed E-state index contributed by atoms with van der Waals surface area (Å²) < 4.78 is 0. The molecule has 2 aliphatic heterocycles. The van der Waals surface area contributed by atoms with E-state index < -0.39 is 12.1 Å². The van der Waals surface area contributed by atoms with Gasteiger partial charge in [-0.05, 0) is 18.6 Å². The summed E-state index contributed by atoms with van der Waals surface area (Å²) in [6.07, 6.45) is 2.16. The second-order valence-corrected chi connectivity index (χ2v) is 6.19. The number of piperazine rings is 1. The van der Waals surface area contributed by atoms with E-state index in [-0.39, 0.29) is 18.2 Å². The van der Waals surface area contributed by atoms with Crippen molar-refractivity contribution in [2.45, 2.75) is 18.9 Å². The highest BCUT2D eigenvalue weighted by atomic mass is 35.5. The lowest BCUT2D eigenvalue weighted by Gasteiger charge is -2.35. The normalized spacial score (nSPS) is 20.8. The van der Waals surface area contributed by atoms with Crippen molar-refractivity contribution in [2.75, 3.05) is 31.1 Å². The summed E-state index contributed by atoms with van der Waals surface area (Å²) in [5.41, 5.74) is 0. The van der Waals surface area contributed by atoms with E-state index in [9.17, 15) is 14.4 Å². The minimum Gasteiger partial charge on any atom is -0.353 e. The van der Waals surface area contributed by atoms with Crippen LogP contribution in [0, 0.1) is 0 Å². The Morgan fingerprint density at radius 2 is 2.00 bits per heavy atom. The summed E-state index contributed by atoms with van der Waals surface area (Å²) in [5, 5.41) is 5.25. The molecule has 0 saturated carbocycles. The maximum atomic E-state index is 12.3. The number of amides is 4. The zero-order valence-electron chi connectivity index (χ0n) is 13.0. The van der Waals surface area contributed by atoms with Crippen LogP contribution in [0.2, 0.25) is 5.02 Å². The summed E-state index contributed by atoms with van der Waals surface area (Å²) in [4.78, 5) is 42.9. The van der Waals surface area contributed by atoms with E-state index in [0.717, 1.165) is 5.82 Å². The largest absolute Gasteiger partial charge is 0.353 e. The van der Waals surface area contributed by atoms with Crippen molar-refractivity contribution in [3.63, 3.8) is 0 Å². The van der Waals surface area contributed by atoms with E-state index in [2.05, 4.69) is 20.5 Å². The zero-order chi connectivity index (χ0) is 17.1. The first-order valence-corrected chi connectivity index (χ1v) is 8.16. The number of carbonyl (C=O) groups is 3. The van der Waals surface area contributed by atoms with Gasteiger partial charge in [0.25, 0.3) is 5.91 Å². The van der Waals surface area contributed by atoms with Crippen LogP contribution in [-0.4, -0.2) is 60.0 Å². The molecule has 3 rings (SSSR count). The van der Waals surface area contributed by atoms with Crippen molar-refractivity contribution in [2.24, 2.45) is 0 Å². The molecular weight excluding hydrogens is 334 g/mol. The molecule has 0 unspecified atom stereocenters. The van der Waals surface area contributed by atoms with E-state index in [0.29, 0.717) is 37.6 Å². The van der Waals surface area contributed by atoms with Gasteiger partial charge in [-0.2, -0.15) is 0 Å². The average Bonchev–Trinajstić information content (AvgIpc) is 2.91. The van der Waals surface area contributed by atoms with Crippen molar-refractivity contribution < 1.29 is 14.4 Å². The number of rotatable bonds is 4. The van der Waals surface area contributed by atoms with Gasteiger partial charge in [0.2, 0.25) is 5.91 Å². The van der Waals surface area contributed by atoms with Crippen molar-refractivity contribution >= 4 is 35.3 Å². The number of hydrogen-bond donors (Lipinski definition) is 2. The fraction of sp³-hybridized carbons (Fsp3) is 0.467. The maximum absolute atomic E-state index is 12.3. The van der Waals surface area contributed by atoms with Gasteiger partial charge in [0.1, 0.15) is 11.9 Å². The van der Waals surface area contributed by atoms with Gasteiger partial charge in [0, 0.05) is 38.8 Å². The first-order valence-electron chi connectivity index (χ1n) is 7.78. The molecule has 0 aliphatic carbocycles. The molecule has 3 heterocycles. The maximum Gasteiger partial charge on any atom is 0.322 e. The van der Waals surface area contributed by atoms with Crippen molar-refractivity contribution in [1.82, 2.24) is 20.5 Å². The van der Waals surface area contributed by atoms with Gasteiger partial charge in [-0.3, -0.25) is 14.9 Å². The molecule has 2 N–H and O–H groups in total. The monoisotopic (exact) mass is 351 g/mol. The molecule has 24 heavy (non-hydrogen) atoms. The third-order valence-corrected chi connectivity index (χ3v) is 4.40. The standard InChI is InChI=1S/C15H18ClN5O3/c16-10-1-3-12(17-9-10)20-5-7-21(8-6-20)13(22)4-2-11-14(23)19-15(24)18-11/h1,3,9,11H,2,4-8H2,(H2,18,19,23,24)/t11-/m0/s1. The quantitative estimate of drug-likeness (QED) is 0.764. The smallest absolute Gasteiger partial charge is 0.322 e. The number of hydrogen-bond acceptors (Lipinski definition) is 5. The number of anilines is 1. The van der Waals surface area contributed by atoms with Crippen LogP contribution >= 0.6 is 11.6 Å². The van der Waals surface area contributed by atoms with E-state index in [1.165, 1.54) is 0 Å². The van der Waals surface area contributed by atoms with Gasteiger partial charge in [0.15, 0.2) is 0 Å². The van der Waals surface area contributed by atoms with Crippen LogP contribution < -0.4 is 15.5 Å². The number of nitrogens with zero attached hydrogens (tertiary/aromatic N) is 3. The minimum absolute atomic E-state index is 0.00679. The summed E-state index contributed by atoms with van der Waals surface area (Å²) >= 11 is 5.83. The lowest BCUT2D eigenvalue weighted by molar-refractivity contribution is -0.131. The van der Waals surface area contributed by atoms with Crippen LogP contribution in [0.25, 0.3) is 0 Å². The van der Waals surface area contributed by atoms with Crippen LogP contribution in [-0.2, 0) is 9.59 Å². The summed E-state index contributed by atoms with van der Waals surface area (Å²) in [7, 11) is 0. The van der Waals surface area contributed by atoms with Crippen LogP contribution in [0.3, 0.4) is 0 Å². The van der Waals surface area contributed by atoms with Gasteiger partial charge in [0.05, 0.1) is 5.02 Å². The molecule has 0 radical (unpaired) electrons. The Labute approximate surface area is 144 Å². The number of nitrogens with one attached hydrogen (secondary N) is 2. The predicted molar refractivity (Wildman–Crippen MR) is 87.7 cm³/mol. The number of pyridine rings is 1. The Morgan fingerprint density at radius 1 is 1.25 bits per heavy atom. The number of urea groups is 1. The Hall–Kier alpha value is -2.35. The SMILES string of the molecule is O=C1NC(=O)[C@H](CCC(=O)N2CCN(c3ccc(Cl)cn3)CC2)N1. The lowest BCUT2D eigenvalue weighted by Crippen LogP contribution is -2.49. The van der Waals surface area contributed by atoms with Gasteiger partial charge in [-0.25, -0.2) is 9.78 Å². The highest BCUT2D eigenvalue weighted by molar-refractivity contribution is 6.30. The van der Waals surface area contributed by atoms with Crippen molar-refractivity contribution in [1.29, 1.82) is 0 Å². The molecule has 4 amide bonds. The van der Waals surface area contributed by atoms with Crippen molar-refractivity contribution in [3.8, 4) is 0 Å². The molecule has 9 heteroatoms. The average molecular weight is 352 g/mol. The molecule has 0 spiro atoms. The molecule has 0 aromatic carbocycles. The second kappa shape index (κ2) is 7.04. The van der Waals surface area contributed by atoms with E-state index in [4.69, 9.17) is 11.6 Å². The topological polar surface area (TPSA) is 94.6 Å². The second-order valence-electron chi connectivity index (χ2n) is 5.76. The predicted octanol–water partition coefficient (Wildman–Crippen LogP) is 0.372. The molecule has 1 aromatic rings.